The molecule has 0 aliphatic heterocycles. The molecular weight excluding hydrogens is 422 g/mol. The summed E-state index contributed by atoms with van der Waals surface area (Å²) in [6.07, 6.45) is 0.415. The van der Waals surface area contributed by atoms with E-state index in [4.69, 9.17) is 0 Å². The van der Waals surface area contributed by atoms with E-state index in [1.807, 2.05) is 53.9 Å². The van der Waals surface area contributed by atoms with Crippen molar-refractivity contribution in [2.24, 2.45) is 0 Å². The molecule has 0 atom stereocenters. The molecule has 0 bridgehead atoms. The van der Waals surface area contributed by atoms with Gasteiger partial charge >= 0.3 is 0 Å². The number of carbonyl (C=O) groups is 1. The van der Waals surface area contributed by atoms with E-state index in [0.717, 1.165) is 25.7 Å². The number of hydrogen-bond donors (Lipinski definition) is 1. The number of carbonyl (C=O) groups excluding carboxylic acids is 1. The Kier molecular flexibility index (Phi) is 5.56. The van der Waals surface area contributed by atoms with Gasteiger partial charge in [0.2, 0.25) is 15.9 Å². The van der Waals surface area contributed by atoms with Crippen LogP contribution in [-0.4, -0.2) is 20.1 Å². The summed E-state index contributed by atoms with van der Waals surface area (Å²) in [7, 11) is -3.65. The van der Waals surface area contributed by atoms with Gasteiger partial charge in [0.15, 0.2) is 0 Å². The van der Waals surface area contributed by atoms with E-state index >= 15 is 0 Å². The van der Waals surface area contributed by atoms with Crippen molar-refractivity contribution in [2.75, 3.05) is 5.75 Å². The lowest BCUT2D eigenvalue weighted by Crippen LogP contribution is -2.34. The molecule has 0 fully saturated rings. The number of amides is 1. The second-order valence-corrected chi connectivity index (χ2v) is 9.33. The molecule has 130 valence electrons. The second kappa shape index (κ2) is 7.68. The van der Waals surface area contributed by atoms with E-state index in [9.17, 15) is 13.2 Å². The summed E-state index contributed by atoms with van der Waals surface area (Å²) in [6.45, 7) is 0. The number of halogens is 1. The molecule has 0 unspecified atom stereocenters. The van der Waals surface area contributed by atoms with Gasteiger partial charge in [-0.1, -0.05) is 46.3 Å². The van der Waals surface area contributed by atoms with Crippen molar-refractivity contribution in [1.82, 2.24) is 4.72 Å². The predicted octanol–water partition coefficient (Wildman–Crippen LogP) is 3.90. The number of aryl methyl sites for hydroxylation is 1. The topological polar surface area (TPSA) is 63.2 Å². The van der Waals surface area contributed by atoms with Crippen molar-refractivity contribution in [1.29, 1.82) is 0 Å². The third kappa shape index (κ3) is 4.90. The molecular formula is C18H16BrNO3S2. The number of thiophene rings is 1. The highest BCUT2D eigenvalue weighted by molar-refractivity contribution is 9.10. The van der Waals surface area contributed by atoms with Crippen LogP contribution in [0.3, 0.4) is 0 Å². The third-order valence-corrected chi connectivity index (χ3v) is 6.52. The molecule has 3 rings (SSSR count). The summed E-state index contributed by atoms with van der Waals surface area (Å²) < 4.78 is 28.4. The lowest BCUT2D eigenvalue weighted by atomic mass is 10.1. The highest BCUT2D eigenvalue weighted by Crippen LogP contribution is 2.29. The number of benzene rings is 2. The van der Waals surface area contributed by atoms with Crippen LogP contribution in [0.4, 0.5) is 0 Å². The Morgan fingerprint density at radius 1 is 1.12 bits per heavy atom. The molecule has 0 radical (unpaired) electrons. The zero-order valence-corrected chi connectivity index (χ0v) is 16.5. The molecule has 7 heteroatoms. The smallest absolute Gasteiger partial charge is 0.237 e. The monoisotopic (exact) mass is 437 g/mol. The minimum absolute atomic E-state index is 0.0427. The Labute approximate surface area is 159 Å². The van der Waals surface area contributed by atoms with E-state index in [0.29, 0.717) is 6.42 Å². The fourth-order valence-corrected chi connectivity index (χ4v) is 4.85. The van der Waals surface area contributed by atoms with Crippen LogP contribution in [0.1, 0.15) is 11.1 Å². The normalized spacial score (nSPS) is 11.6. The van der Waals surface area contributed by atoms with Crippen LogP contribution in [-0.2, 0) is 27.7 Å². The molecule has 1 aromatic heterocycles. The predicted molar refractivity (Wildman–Crippen MR) is 105 cm³/mol. The summed E-state index contributed by atoms with van der Waals surface area (Å²) in [5.74, 6) is -0.619. The van der Waals surface area contributed by atoms with Crippen LogP contribution < -0.4 is 4.72 Å². The minimum Gasteiger partial charge on any atom is -0.274 e. The molecule has 25 heavy (non-hydrogen) atoms. The van der Waals surface area contributed by atoms with Gasteiger partial charge in [-0.25, -0.2) is 8.42 Å². The molecule has 3 aromatic rings. The molecule has 1 heterocycles. The van der Waals surface area contributed by atoms with Crippen LogP contribution in [0.5, 0.6) is 0 Å². The van der Waals surface area contributed by atoms with Gasteiger partial charge in [-0.2, -0.15) is 0 Å². The van der Waals surface area contributed by atoms with Crippen LogP contribution >= 0.6 is 27.3 Å². The van der Waals surface area contributed by atoms with Gasteiger partial charge in [-0.05, 0) is 46.5 Å². The Balaban J connectivity index is 1.63. The van der Waals surface area contributed by atoms with Gasteiger partial charge < -0.3 is 0 Å². The van der Waals surface area contributed by atoms with Gasteiger partial charge in [0.1, 0.15) is 0 Å². The molecule has 0 saturated heterocycles. The fourth-order valence-electron chi connectivity index (χ4n) is 2.52. The standard InChI is InChI=1S/C18H16BrNO3S2/c19-15-6-7-17-16(11-15)14(12-24-17)10-18(21)20-25(22,23)9-8-13-4-2-1-3-5-13/h1-7,11-12H,8-10H2,(H,20,21). The largest absolute Gasteiger partial charge is 0.274 e. The Morgan fingerprint density at radius 3 is 2.64 bits per heavy atom. The quantitative estimate of drug-likeness (QED) is 0.635. The van der Waals surface area contributed by atoms with Crippen molar-refractivity contribution in [3.8, 4) is 0 Å². The molecule has 0 spiro atoms. The van der Waals surface area contributed by atoms with E-state index in [-0.39, 0.29) is 12.2 Å². The highest BCUT2D eigenvalue weighted by atomic mass is 79.9. The lowest BCUT2D eigenvalue weighted by molar-refractivity contribution is -0.118. The van der Waals surface area contributed by atoms with E-state index in [1.165, 1.54) is 11.3 Å². The molecule has 4 nitrogen and oxygen atoms in total. The van der Waals surface area contributed by atoms with E-state index in [2.05, 4.69) is 20.7 Å². The summed E-state index contributed by atoms with van der Waals surface area (Å²) in [4.78, 5) is 12.2. The maximum atomic E-state index is 12.2. The fraction of sp³-hybridized carbons (Fsp3) is 0.167. The minimum atomic E-state index is -3.65. The van der Waals surface area contributed by atoms with Gasteiger partial charge in [-0.15, -0.1) is 11.3 Å². The number of hydrogen-bond acceptors (Lipinski definition) is 4. The first-order valence-electron chi connectivity index (χ1n) is 7.66. The first-order valence-corrected chi connectivity index (χ1v) is 11.0. The Hall–Kier alpha value is -1.70. The molecule has 0 aliphatic carbocycles. The number of fused-ring (bicyclic) bond motifs is 1. The summed E-state index contributed by atoms with van der Waals surface area (Å²) in [6, 6.07) is 15.2. The molecule has 2 aromatic carbocycles. The van der Waals surface area contributed by atoms with Crippen LogP contribution in [0, 0.1) is 0 Å². The number of sulfonamides is 1. The number of nitrogens with one attached hydrogen (secondary N) is 1. The van der Waals surface area contributed by atoms with Gasteiger partial charge in [-0.3, -0.25) is 9.52 Å². The van der Waals surface area contributed by atoms with Crippen molar-refractivity contribution in [2.45, 2.75) is 12.8 Å². The highest BCUT2D eigenvalue weighted by Gasteiger charge is 2.16. The van der Waals surface area contributed by atoms with Gasteiger partial charge in [0.05, 0.1) is 12.2 Å². The SMILES string of the molecule is O=C(Cc1csc2ccc(Br)cc12)NS(=O)(=O)CCc1ccccc1. The Bertz CT molecular complexity index is 998. The average molecular weight is 438 g/mol. The third-order valence-electron chi connectivity index (χ3n) is 3.74. The van der Waals surface area contributed by atoms with Gasteiger partial charge in [0.25, 0.3) is 0 Å². The maximum Gasteiger partial charge on any atom is 0.237 e. The molecule has 0 saturated carbocycles. The maximum absolute atomic E-state index is 12.2. The van der Waals surface area contributed by atoms with Crippen molar-refractivity contribution in [3.63, 3.8) is 0 Å². The molecule has 1 amide bonds. The molecule has 0 aliphatic rings. The first-order chi connectivity index (χ1) is 11.9. The second-order valence-electron chi connectivity index (χ2n) is 5.66. The van der Waals surface area contributed by atoms with Crippen molar-refractivity contribution >= 4 is 53.3 Å². The van der Waals surface area contributed by atoms with Crippen molar-refractivity contribution < 1.29 is 13.2 Å². The van der Waals surface area contributed by atoms with Gasteiger partial charge in [0, 0.05) is 9.17 Å². The average Bonchev–Trinajstić information content (AvgIpc) is 2.95. The molecule has 1 N–H and O–H groups in total. The van der Waals surface area contributed by atoms with Crippen LogP contribution in [0.2, 0.25) is 0 Å². The van der Waals surface area contributed by atoms with Crippen molar-refractivity contribution in [3.05, 3.63) is 69.5 Å². The van der Waals surface area contributed by atoms with Crippen LogP contribution in [0.25, 0.3) is 10.1 Å². The first kappa shape index (κ1) is 18.1. The lowest BCUT2D eigenvalue weighted by Gasteiger charge is -2.07. The summed E-state index contributed by atoms with van der Waals surface area (Å²) in [5.41, 5.74) is 1.76. The van der Waals surface area contributed by atoms with E-state index < -0.39 is 15.9 Å². The Morgan fingerprint density at radius 2 is 1.88 bits per heavy atom. The summed E-state index contributed by atoms with van der Waals surface area (Å²) >= 11 is 4.96. The zero-order chi connectivity index (χ0) is 17.9. The number of rotatable bonds is 6. The summed E-state index contributed by atoms with van der Waals surface area (Å²) in [5, 5.41) is 2.86. The van der Waals surface area contributed by atoms with E-state index in [1.54, 1.807) is 0 Å². The van der Waals surface area contributed by atoms with Crippen LogP contribution in [0.15, 0.2) is 58.4 Å². The zero-order valence-electron chi connectivity index (χ0n) is 13.2.